The Hall–Kier alpha value is -3.85. The standard InChI is InChI=1S/C34H40ClN5O4/c1-34(2,3)44-33(43)25-13-11-23(12-14-25)20-30(41)32-28(24-8-5-4-6-9-24)10-7-19-39(32)31(42)18-15-26-21-27(35)16-17-29(26)40-22-36-37-38-40/h11-18,21-22,24,28,32H,4-10,19-20H2,1-3H3/b18-15+. The van der Waals surface area contributed by atoms with Crippen LogP contribution in [-0.2, 0) is 20.7 Å². The van der Waals surface area contributed by atoms with Gasteiger partial charge in [-0.05, 0) is 97.8 Å². The molecule has 0 N–H and O–H groups in total. The van der Waals surface area contributed by atoms with Gasteiger partial charge in [0.05, 0.1) is 17.3 Å². The van der Waals surface area contributed by atoms with Crippen LogP contribution < -0.4 is 0 Å². The third-order valence-corrected chi connectivity index (χ3v) is 8.74. The van der Waals surface area contributed by atoms with Crippen LogP contribution in [0.15, 0.2) is 54.9 Å². The number of rotatable bonds is 8. The highest BCUT2D eigenvalue weighted by molar-refractivity contribution is 6.30. The van der Waals surface area contributed by atoms with E-state index in [1.54, 1.807) is 53.4 Å². The molecule has 5 rings (SSSR count). The van der Waals surface area contributed by atoms with Gasteiger partial charge in [-0.15, -0.1) is 5.10 Å². The molecule has 44 heavy (non-hydrogen) atoms. The van der Waals surface area contributed by atoms with Gasteiger partial charge >= 0.3 is 5.97 Å². The van der Waals surface area contributed by atoms with Crippen molar-refractivity contribution in [2.75, 3.05) is 6.54 Å². The van der Waals surface area contributed by atoms with E-state index in [9.17, 15) is 14.4 Å². The lowest BCUT2D eigenvalue weighted by Gasteiger charge is -2.44. The molecule has 2 aliphatic rings. The highest BCUT2D eigenvalue weighted by Gasteiger charge is 2.42. The number of benzene rings is 2. The van der Waals surface area contributed by atoms with Crippen molar-refractivity contribution in [1.29, 1.82) is 0 Å². The van der Waals surface area contributed by atoms with Gasteiger partial charge in [0.1, 0.15) is 11.9 Å². The number of ether oxygens (including phenoxy) is 1. The van der Waals surface area contributed by atoms with Crippen molar-refractivity contribution in [3.8, 4) is 5.69 Å². The molecule has 2 unspecified atom stereocenters. The van der Waals surface area contributed by atoms with E-state index in [4.69, 9.17) is 16.3 Å². The minimum absolute atomic E-state index is 0.0316. The Morgan fingerprint density at radius 2 is 1.75 bits per heavy atom. The summed E-state index contributed by atoms with van der Waals surface area (Å²) in [5.41, 5.74) is 2.03. The number of aromatic nitrogens is 4. The third kappa shape index (κ3) is 7.80. The van der Waals surface area contributed by atoms with E-state index in [-0.39, 0.29) is 24.0 Å². The van der Waals surface area contributed by atoms with Crippen LogP contribution in [-0.4, -0.2) is 61.0 Å². The lowest BCUT2D eigenvalue weighted by atomic mass is 9.71. The lowest BCUT2D eigenvalue weighted by Crippen LogP contribution is -2.54. The van der Waals surface area contributed by atoms with Gasteiger partial charge in [0.2, 0.25) is 5.91 Å². The molecule has 3 aromatic rings. The normalized spacial score (nSPS) is 19.7. The third-order valence-electron chi connectivity index (χ3n) is 8.50. The zero-order valence-electron chi connectivity index (χ0n) is 25.6. The molecular weight excluding hydrogens is 578 g/mol. The van der Waals surface area contributed by atoms with Crippen LogP contribution in [0.1, 0.15) is 87.2 Å². The fraction of sp³-hybridized carbons (Fsp3) is 0.471. The Morgan fingerprint density at radius 3 is 2.43 bits per heavy atom. The van der Waals surface area contributed by atoms with Crippen LogP contribution in [0.3, 0.4) is 0 Å². The average Bonchev–Trinajstić information content (AvgIpc) is 3.54. The average molecular weight is 618 g/mol. The number of carbonyl (C=O) groups excluding carboxylic acids is 3. The first-order chi connectivity index (χ1) is 21.1. The summed E-state index contributed by atoms with van der Waals surface area (Å²) in [6.07, 6.45) is 12.4. The molecule has 1 aliphatic heterocycles. The summed E-state index contributed by atoms with van der Waals surface area (Å²) < 4.78 is 6.99. The molecule has 1 aromatic heterocycles. The maximum atomic E-state index is 14.1. The van der Waals surface area contributed by atoms with E-state index in [1.807, 2.05) is 20.8 Å². The Kier molecular flexibility index (Phi) is 9.93. The number of nitrogens with zero attached hydrogens (tertiary/aromatic N) is 5. The number of carbonyl (C=O) groups is 3. The number of piperidine rings is 1. The van der Waals surface area contributed by atoms with Gasteiger partial charge in [-0.2, -0.15) is 4.68 Å². The van der Waals surface area contributed by atoms with Crippen LogP contribution in [0.5, 0.6) is 0 Å². The van der Waals surface area contributed by atoms with Crippen LogP contribution in [0.25, 0.3) is 11.8 Å². The quantitative estimate of drug-likeness (QED) is 0.216. The molecule has 232 valence electrons. The zero-order chi connectivity index (χ0) is 31.3. The topological polar surface area (TPSA) is 107 Å². The summed E-state index contributed by atoms with van der Waals surface area (Å²) >= 11 is 6.28. The van der Waals surface area contributed by atoms with Crippen molar-refractivity contribution in [3.05, 3.63) is 76.6 Å². The lowest BCUT2D eigenvalue weighted by molar-refractivity contribution is -0.141. The van der Waals surface area contributed by atoms with E-state index in [1.165, 1.54) is 23.5 Å². The van der Waals surface area contributed by atoms with Crippen LogP contribution in [0.4, 0.5) is 0 Å². The van der Waals surface area contributed by atoms with Crippen molar-refractivity contribution in [2.45, 2.75) is 83.8 Å². The zero-order valence-corrected chi connectivity index (χ0v) is 26.4. The first-order valence-corrected chi connectivity index (χ1v) is 15.8. The Labute approximate surface area is 263 Å². The number of ketones is 1. The molecule has 1 aliphatic carbocycles. The van der Waals surface area contributed by atoms with Gasteiger partial charge in [-0.3, -0.25) is 9.59 Å². The van der Waals surface area contributed by atoms with E-state index in [0.717, 1.165) is 44.1 Å². The molecule has 2 atom stereocenters. The van der Waals surface area contributed by atoms with Crippen LogP contribution in [0, 0.1) is 11.8 Å². The maximum Gasteiger partial charge on any atom is 0.338 e. The molecule has 2 heterocycles. The summed E-state index contributed by atoms with van der Waals surface area (Å²) in [5, 5.41) is 11.9. The van der Waals surface area contributed by atoms with Crippen molar-refractivity contribution >= 4 is 35.3 Å². The fourth-order valence-electron chi connectivity index (χ4n) is 6.54. The van der Waals surface area contributed by atoms with Crippen LogP contribution >= 0.6 is 11.6 Å². The summed E-state index contributed by atoms with van der Waals surface area (Å²) in [6.45, 7) is 6.01. The number of Topliss-reactive ketones (excluding diaryl/α,β-unsaturated/α-hetero) is 1. The van der Waals surface area contributed by atoms with Crippen LogP contribution in [0.2, 0.25) is 5.02 Å². The molecule has 10 heteroatoms. The number of tetrazole rings is 1. The molecule has 2 aromatic carbocycles. The predicted molar refractivity (Wildman–Crippen MR) is 168 cm³/mol. The second-order valence-electron chi connectivity index (χ2n) is 12.8. The molecule has 1 saturated carbocycles. The Balaban J connectivity index is 1.38. The highest BCUT2D eigenvalue weighted by Crippen LogP contribution is 2.39. The molecule has 9 nitrogen and oxygen atoms in total. The Bertz CT molecular complexity index is 1490. The van der Waals surface area contributed by atoms with E-state index >= 15 is 0 Å². The van der Waals surface area contributed by atoms with E-state index < -0.39 is 17.6 Å². The van der Waals surface area contributed by atoms with Gasteiger partial charge in [-0.1, -0.05) is 55.8 Å². The highest BCUT2D eigenvalue weighted by atomic mass is 35.5. The SMILES string of the molecule is CC(C)(C)OC(=O)c1ccc(CC(=O)C2C(C3CCCCC3)CCCN2C(=O)/C=C/c2cc(Cl)ccc2-n2cnnn2)cc1. The van der Waals surface area contributed by atoms with Crippen molar-refractivity contribution in [1.82, 2.24) is 25.1 Å². The molecule has 0 bridgehead atoms. The molecule has 1 saturated heterocycles. The first kappa shape index (κ1) is 31.6. The van der Waals surface area contributed by atoms with Gasteiger partial charge in [0, 0.05) is 29.6 Å². The number of esters is 1. The molecule has 1 amide bonds. The number of amides is 1. The van der Waals surface area contributed by atoms with Gasteiger partial charge in [0.25, 0.3) is 0 Å². The van der Waals surface area contributed by atoms with Gasteiger partial charge in [0.15, 0.2) is 5.78 Å². The first-order valence-electron chi connectivity index (χ1n) is 15.5. The summed E-state index contributed by atoms with van der Waals surface area (Å²) in [4.78, 5) is 42.2. The number of likely N-dealkylation sites (tertiary alicyclic amines) is 1. The number of hydrogen-bond donors (Lipinski definition) is 0. The largest absolute Gasteiger partial charge is 0.456 e. The molecular formula is C34H40ClN5O4. The fourth-order valence-corrected chi connectivity index (χ4v) is 6.72. The maximum absolute atomic E-state index is 14.1. The summed E-state index contributed by atoms with van der Waals surface area (Å²) in [5.74, 6) is -0.0217. The van der Waals surface area contributed by atoms with E-state index in [2.05, 4.69) is 15.5 Å². The van der Waals surface area contributed by atoms with Gasteiger partial charge in [-0.25, -0.2) is 4.79 Å². The molecule has 2 fully saturated rings. The minimum atomic E-state index is -0.590. The summed E-state index contributed by atoms with van der Waals surface area (Å²) in [7, 11) is 0. The Morgan fingerprint density at radius 1 is 1.00 bits per heavy atom. The van der Waals surface area contributed by atoms with Crippen molar-refractivity contribution in [2.24, 2.45) is 11.8 Å². The smallest absolute Gasteiger partial charge is 0.338 e. The minimum Gasteiger partial charge on any atom is -0.456 e. The number of halogens is 1. The van der Waals surface area contributed by atoms with Crippen molar-refractivity contribution in [3.63, 3.8) is 0 Å². The monoisotopic (exact) mass is 617 g/mol. The second kappa shape index (κ2) is 13.8. The molecule has 0 spiro atoms. The van der Waals surface area contributed by atoms with E-state index in [0.29, 0.717) is 34.3 Å². The number of hydrogen-bond acceptors (Lipinski definition) is 7. The summed E-state index contributed by atoms with van der Waals surface area (Å²) in [6, 6.07) is 11.8. The van der Waals surface area contributed by atoms with Gasteiger partial charge < -0.3 is 9.64 Å². The van der Waals surface area contributed by atoms with Crippen molar-refractivity contribution < 1.29 is 19.1 Å². The predicted octanol–water partition coefficient (Wildman–Crippen LogP) is 6.28. The molecule has 0 radical (unpaired) electrons. The second-order valence-corrected chi connectivity index (χ2v) is 13.2.